The minimum atomic E-state index is 0.826. The van der Waals surface area contributed by atoms with E-state index >= 15 is 0 Å². The maximum Gasteiger partial charge on any atom is 0.165 e. The number of allylic oxidation sites excluding steroid dienone is 1. The van der Waals surface area contributed by atoms with Gasteiger partial charge in [0.15, 0.2) is 5.82 Å². The molecule has 0 radical (unpaired) electrons. The van der Waals surface area contributed by atoms with E-state index in [9.17, 15) is 0 Å². The van der Waals surface area contributed by atoms with Gasteiger partial charge in [0.2, 0.25) is 0 Å². The topological polar surface area (TPSA) is 37.8 Å². The number of nitrogens with one attached hydrogen (secondary N) is 1. The lowest BCUT2D eigenvalue weighted by Crippen LogP contribution is -2.19. The van der Waals surface area contributed by atoms with Gasteiger partial charge in [-0.05, 0) is 43.1 Å². The Labute approximate surface area is 87.7 Å². The summed E-state index contributed by atoms with van der Waals surface area (Å²) >= 11 is 1.45. The third kappa shape index (κ3) is 2.49. The Balaban J connectivity index is 2.02. The van der Waals surface area contributed by atoms with Gasteiger partial charge in [-0.1, -0.05) is 12.2 Å². The summed E-state index contributed by atoms with van der Waals surface area (Å²) in [5.41, 5.74) is 1.37. The van der Waals surface area contributed by atoms with Gasteiger partial charge in [0.25, 0.3) is 0 Å². The Morgan fingerprint density at radius 3 is 3.07 bits per heavy atom. The van der Waals surface area contributed by atoms with Crippen molar-refractivity contribution >= 4 is 17.6 Å². The van der Waals surface area contributed by atoms with E-state index in [2.05, 4.69) is 26.8 Å². The van der Waals surface area contributed by atoms with Crippen LogP contribution in [0.25, 0.3) is 6.08 Å². The Bertz CT molecular complexity index is 365. The lowest BCUT2D eigenvalue weighted by atomic mass is 10.1. The molecule has 3 nitrogen and oxygen atoms in total. The fourth-order valence-corrected chi connectivity index (χ4v) is 1.82. The third-order valence-corrected chi connectivity index (χ3v) is 2.72. The highest BCUT2D eigenvalue weighted by atomic mass is 32.1. The molecule has 0 saturated heterocycles. The molecule has 1 aliphatic rings. The molecular weight excluding hydrogens is 194 g/mol. The number of hydrogen-bond acceptors (Lipinski definition) is 4. The first-order valence-corrected chi connectivity index (χ1v) is 5.50. The van der Waals surface area contributed by atoms with Crippen LogP contribution in [-0.4, -0.2) is 22.4 Å². The standard InChI is InChI=1S/C10H13N3S/c1-8-12-10(13-14-8)3-2-9-4-6-11-7-5-9/h2-4,11H,5-7H2,1H3. The molecule has 1 aliphatic heterocycles. The molecule has 0 saturated carbocycles. The molecule has 1 aromatic rings. The van der Waals surface area contributed by atoms with E-state index in [1.165, 1.54) is 17.1 Å². The zero-order chi connectivity index (χ0) is 9.80. The van der Waals surface area contributed by atoms with Gasteiger partial charge in [0, 0.05) is 6.54 Å². The van der Waals surface area contributed by atoms with Gasteiger partial charge in [-0.25, -0.2) is 4.98 Å². The summed E-state index contributed by atoms with van der Waals surface area (Å²) in [6.07, 6.45) is 7.40. The molecule has 0 spiro atoms. The van der Waals surface area contributed by atoms with Crippen LogP contribution < -0.4 is 5.32 Å². The van der Waals surface area contributed by atoms with Crippen molar-refractivity contribution < 1.29 is 0 Å². The number of nitrogens with zero attached hydrogens (tertiary/aromatic N) is 2. The van der Waals surface area contributed by atoms with Crippen molar-refractivity contribution in [1.82, 2.24) is 14.7 Å². The van der Waals surface area contributed by atoms with Gasteiger partial charge < -0.3 is 5.32 Å². The predicted molar refractivity (Wildman–Crippen MR) is 59.2 cm³/mol. The SMILES string of the molecule is Cc1nc(C=CC2=CCNCC2)ns1. The summed E-state index contributed by atoms with van der Waals surface area (Å²) in [6, 6.07) is 0. The van der Waals surface area contributed by atoms with E-state index < -0.39 is 0 Å². The fraction of sp³-hybridized carbons (Fsp3) is 0.400. The van der Waals surface area contributed by atoms with Crippen LogP contribution in [0.1, 0.15) is 17.3 Å². The molecule has 14 heavy (non-hydrogen) atoms. The number of hydrogen-bond donors (Lipinski definition) is 1. The Hall–Kier alpha value is -1.00. The van der Waals surface area contributed by atoms with Gasteiger partial charge >= 0.3 is 0 Å². The summed E-state index contributed by atoms with van der Waals surface area (Å²) in [5, 5.41) is 4.30. The number of rotatable bonds is 2. The molecule has 4 heteroatoms. The third-order valence-electron chi connectivity index (χ3n) is 2.09. The highest BCUT2D eigenvalue weighted by Gasteiger charge is 1.99. The van der Waals surface area contributed by atoms with Crippen molar-refractivity contribution in [3.63, 3.8) is 0 Å². The fourth-order valence-electron chi connectivity index (χ4n) is 1.36. The average molecular weight is 207 g/mol. The van der Waals surface area contributed by atoms with E-state index in [0.717, 1.165) is 30.3 Å². The van der Waals surface area contributed by atoms with E-state index in [1.807, 2.05) is 13.0 Å². The van der Waals surface area contributed by atoms with Crippen molar-refractivity contribution in [2.24, 2.45) is 0 Å². The zero-order valence-electron chi connectivity index (χ0n) is 8.16. The second-order valence-corrected chi connectivity index (χ2v) is 4.19. The largest absolute Gasteiger partial charge is 0.313 e. The molecule has 0 amide bonds. The van der Waals surface area contributed by atoms with Crippen LogP contribution in [-0.2, 0) is 0 Å². The van der Waals surface area contributed by atoms with Crippen molar-refractivity contribution in [2.45, 2.75) is 13.3 Å². The van der Waals surface area contributed by atoms with Crippen LogP contribution in [0.3, 0.4) is 0 Å². The molecule has 0 atom stereocenters. The quantitative estimate of drug-likeness (QED) is 0.803. The molecule has 74 valence electrons. The summed E-state index contributed by atoms with van der Waals surface area (Å²) in [5.74, 6) is 0.826. The minimum absolute atomic E-state index is 0.826. The number of aryl methyl sites for hydroxylation is 1. The van der Waals surface area contributed by atoms with E-state index in [1.54, 1.807) is 0 Å². The van der Waals surface area contributed by atoms with Crippen LogP contribution in [0.4, 0.5) is 0 Å². The van der Waals surface area contributed by atoms with E-state index in [4.69, 9.17) is 0 Å². The van der Waals surface area contributed by atoms with Crippen LogP contribution in [0.2, 0.25) is 0 Å². The Kier molecular flexibility index (Phi) is 3.06. The monoisotopic (exact) mass is 207 g/mol. The number of aromatic nitrogens is 2. The van der Waals surface area contributed by atoms with Crippen LogP contribution in [0.15, 0.2) is 17.7 Å². The summed E-state index contributed by atoms with van der Waals surface area (Å²) in [4.78, 5) is 4.27. The average Bonchev–Trinajstić information content (AvgIpc) is 2.63. The zero-order valence-corrected chi connectivity index (χ0v) is 8.97. The molecule has 0 aromatic carbocycles. The van der Waals surface area contributed by atoms with Crippen LogP contribution in [0.5, 0.6) is 0 Å². The molecule has 0 fully saturated rings. The molecule has 0 aliphatic carbocycles. The second kappa shape index (κ2) is 4.48. The molecule has 0 bridgehead atoms. The first-order chi connectivity index (χ1) is 6.84. The van der Waals surface area contributed by atoms with E-state index in [-0.39, 0.29) is 0 Å². The maximum atomic E-state index is 4.27. The lowest BCUT2D eigenvalue weighted by Gasteiger charge is -2.09. The molecular formula is C10H13N3S. The Morgan fingerprint density at radius 1 is 1.50 bits per heavy atom. The molecule has 1 aromatic heterocycles. The van der Waals surface area contributed by atoms with Gasteiger partial charge in [-0.3, -0.25) is 0 Å². The van der Waals surface area contributed by atoms with Crippen molar-refractivity contribution in [1.29, 1.82) is 0 Å². The van der Waals surface area contributed by atoms with Crippen molar-refractivity contribution in [2.75, 3.05) is 13.1 Å². The first kappa shape index (κ1) is 9.55. The molecule has 2 rings (SSSR count). The summed E-state index contributed by atoms with van der Waals surface area (Å²) in [6.45, 7) is 4.02. The maximum absolute atomic E-state index is 4.27. The normalized spacial score (nSPS) is 17.4. The smallest absolute Gasteiger partial charge is 0.165 e. The Morgan fingerprint density at radius 2 is 2.43 bits per heavy atom. The lowest BCUT2D eigenvalue weighted by molar-refractivity contribution is 0.713. The second-order valence-electron chi connectivity index (χ2n) is 3.24. The van der Waals surface area contributed by atoms with Crippen LogP contribution in [0, 0.1) is 6.92 Å². The van der Waals surface area contributed by atoms with E-state index in [0.29, 0.717) is 0 Å². The van der Waals surface area contributed by atoms with Crippen molar-refractivity contribution in [3.05, 3.63) is 28.6 Å². The van der Waals surface area contributed by atoms with Gasteiger partial charge in [-0.15, -0.1) is 0 Å². The minimum Gasteiger partial charge on any atom is -0.313 e. The highest BCUT2D eigenvalue weighted by Crippen LogP contribution is 2.09. The predicted octanol–water partition coefficient (Wildman–Crippen LogP) is 1.78. The van der Waals surface area contributed by atoms with Gasteiger partial charge in [0.05, 0.1) is 0 Å². The van der Waals surface area contributed by atoms with Gasteiger partial charge in [-0.2, -0.15) is 4.37 Å². The van der Waals surface area contributed by atoms with Gasteiger partial charge in [0.1, 0.15) is 5.01 Å². The highest BCUT2D eigenvalue weighted by molar-refractivity contribution is 7.05. The molecule has 1 N–H and O–H groups in total. The van der Waals surface area contributed by atoms with Crippen molar-refractivity contribution in [3.8, 4) is 0 Å². The first-order valence-electron chi connectivity index (χ1n) is 4.73. The summed E-state index contributed by atoms with van der Waals surface area (Å²) in [7, 11) is 0. The summed E-state index contributed by atoms with van der Waals surface area (Å²) < 4.78 is 4.20. The molecule has 0 unspecified atom stereocenters. The molecule has 2 heterocycles. The van der Waals surface area contributed by atoms with Crippen LogP contribution >= 0.6 is 11.5 Å².